The second kappa shape index (κ2) is 10.7. The van der Waals surface area contributed by atoms with Crippen molar-refractivity contribution in [3.05, 3.63) is 42.6 Å². The third-order valence-corrected chi connectivity index (χ3v) is 6.88. The van der Waals surface area contributed by atoms with Crippen LogP contribution in [0.2, 0.25) is 0 Å². The van der Waals surface area contributed by atoms with Crippen LogP contribution in [0, 0.1) is 5.92 Å². The van der Waals surface area contributed by atoms with Crippen molar-refractivity contribution in [3.63, 3.8) is 0 Å². The summed E-state index contributed by atoms with van der Waals surface area (Å²) in [5.41, 5.74) is -1.97. The van der Waals surface area contributed by atoms with E-state index in [1.807, 2.05) is 0 Å². The minimum atomic E-state index is -1.25. The molecule has 2 fully saturated rings. The molecule has 0 unspecified atom stereocenters. The molecule has 4 rings (SSSR count). The van der Waals surface area contributed by atoms with Crippen molar-refractivity contribution in [2.24, 2.45) is 5.92 Å². The third kappa shape index (κ3) is 5.65. The number of benzene rings is 1. The van der Waals surface area contributed by atoms with E-state index >= 15 is 0 Å². The summed E-state index contributed by atoms with van der Waals surface area (Å²) >= 11 is 0. The molecule has 0 radical (unpaired) electrons. The number of pyridine rings is 1. The van der Waals surface area contributed by atoms with Crippen LogP contribution in [-0.2, 0) is 19.1 Å². The lowest BCUT2D eigenvalue weighted by Crippen LogP contribution is -2.53. The number of aromatic nitrogens is 1. The summed E-state index contributed by atoms with van der Waals surface area (Å²) in [5.74, 6) is -2.01. The second-order valence-corrected chi connectivity index (χ2v) is 10.8. The first-order valence-corrected chi connectivity index (χ1v) is 12.7. The number of nitrogens with zero attached hydrogens (tertiary/aromatic N) is 2. The van der Waals surface area contributed by atoms with Crippen molar-refractivity contribution in [3.8, 4) is 11.5 Å². The fourth-order valence-corrected chi connectivity index (χ4v) is 4.83. The zero-order chi connectivity index (χ0) is 29.4. The Hall–Kier alpha value is -4.35. The lowest BCUT2D eigenvalue weighted by molar-refractivity contribution is -0.147. The molecule has 1 aliphatic heterocycles. The number of carboxylic acid groups (broad SMARTS) is 1. The monoisotopic (exact) mass is 555 g/mol. The molecule has 2 amide bonds. The molecule has 2 heterocycles. The highest BCUT2D eigenvalue weighted by Gasteiger charge is 2.62. The molecular formula is C28H33N3O9. The Bertz CT molecular complexity index is 1370. The van der Waals surface area contributed by atoms with E-state index in [0.29, 0.717) is 23.1 Å². The normalized spacial score (nSPS) is 23.7. The van der Waals surface area contributed by atoms with Gasteiger partial charge in [-0.25, -0.2) is 19.4 Å². The topological polar surface area (TPSA) is 154 Å². The van der Waals surface area contributed by atoms with E-state index in [1.165, 1.54) is 25.2 Å². The summed E-state index contributed by atoms with van der Waals surface area (Å²) in [6, 6.07) is 5.24. The van der Waals surface area contributed by atoms with E-state index in [4.69, 9.17) is 18.9 Å². The van der Waals surface area contributed by atoms with E-state index in [1.54, 1.807) is 45.0 Å². The molecule has 0 bridgehead atoms. The molecule has 1 aromatic carbocycles. The highest BCUT2D eigenvalue weighted by molar-refractivity contribution is 5.95. The van der Waals surface area contributed by atoms with Crippen molar-refractivity contribution in [1.82, 2.24) is 15.2 Å². The summed E-state index contributed by atoms with van der Waals surface area (Å²) in [7, 11) is 2.72. The molecule has 40 heavy (non-hydrogen) atoms. The van der Waals surface area contributed by atoms with E-state index in [-0.39, 0.29) is 30.3 Å². The summed E-state index contributed by atoms with van der Waals surface area (Å²) < 4.78 is 21.9. The van der Waals surface area contributed by atoms with Crippen LogP contribution < -0.4 is 14.8 Å². The van der Waals surface area contributed by atoms with Crippen molar-refractivity contribution in [1.29, 1.82) is 0 Å². The first-order valence-electron chi connectivity index (χ1n) is 12.7. The van der Waals surface area contributed by atoms with Gasteiger partial charge >= 0.3 is 18.0 Å². The Balaban J connectivity index is 1.64. The van der Waals surface area contributed by atoms with Gasteiger partial charge in [0.15, 0.2) is 5.69 Å². The molecular weight excluding hydrogens is 522 g/mol. The summed E-state index contributed by atoms with van der Waals surface area (Å²) in [4.78, 5) is 56.4. The maximum Gasteiger partial charge on any atom is 0.411 e. The molecule has 1 aromatic heterocycles. The van der Waals surface area contributed by atoms with E-state index < -0.39 is 47.2 Å². The van der Waals surface area contributed by atoms with Crippen LogP contribution >= 0.6 is 0 Å². The van der Waals surface area contributed by atoms with Gasteiger partial charge in [-0.2, -0.15) is 0 Å². The zero-order valence-corrected chi connectivity index (χ0v) is 23.1. The number of amides is 2. The van der Waals surface area contributed by atoms with Gasteiger partial charge in [-0.1, -0.05) is 6.08 Å². The number of rotatable bonds is 8. The fraction of sp³-hybridized carbons (Fsp3) is 0.464. The van der Waals surface area contributed by atoms with Gasteiger partial charge in [0.2, 0.25) is 5.91 Å². The van der Waals surface area contributed by atoms with Crippen LogP contribution in [0.3, 0.4) is 0 Å². The Labute approximate surface area is 231 Å². The molecule has 2 aromatic rings. The average molecular weight is 556 g/mol. The Morgan fingerprint density at radius 1 is 1.20 bits per heavy atom. The standard InChI is InChI=1S/C28H33N3O9/c1-7-15-13-28(15,25(35)38-6)30-23(32)21-11-17(14-31(21)26(36)40-27(2,3)4)39-22-12-20(24(33)34)29-19-10-16(37-5)8-9-18(19)22/h7-10,12,15,17,21H,1,11,13-14H2,2-6H3,(H,30,32)(H,33,34)/t15-,17-,21+,28-/m1/s1. The maximum atomic E-state index is 13.5. The molecule has 12 heteroatoms. The van der Waals surface area contributed by atoms with E-state index in [0.717, 1.165) is 0 Å². The first-order chi connectivity index (χ1) is 18.8. The molecule has 12 nitrogen and oxygen atoms in total. The minimum absolute atomic E-state index is 0.0223. The van der Waals surface area contributed by atoms with Crippen molar-refractivity contribution in [2.45, 2.75) is 56.9 Å². The summed E-state index contributed by atoms with van der Waals surface area (Å²) in [6.07, 6.45) is 0.535. The molecule has 214 valence electrons. The SMILES string of the molecule is C=C[C@@H]1C[C@]1(NC(=O)[C@@H]1C[C@@H](Oc2cc(C(=O)O)nc3cc(OC)ccc23)CN1C(=O)OC(C)(C)C)C(=O)OC. The Kier molecular flexibility index (Phi) is 7.64. The van der Waals surface area contributed by atoms with Crippen LogP contribution in [0.4, 0.5) is 4.79 Å². The average Bonchev–Trinajstić information content (AvgIpc) is 3.45. The van der Waals surface area contributed by atoms with Crippen molar-refractivity contribution in [2.75, 3.05) is 20.8 Å². The quantitative estimate of drug-likeness (QED) is 0.367. The lowest BCUT2D eigenvalue weighted by atomic mass is 10.1. The number of aromatic carboxylic acids is 1. The molecule has 2 aliphatic rings. The number of methoxy groups -OCH3 is 2. The highest BCUT2D eigenvalue weighted by atomic mass is 16.6. The van der Waals surface area contributed by atoms with Crippen LogP contribution in [0.1, 0.15) is 44.1 Å². The maximum absolute atomic E-state index is 13.5. The second-order valence-electron chi connectivity index (χ2n) is 10.8. The lowest BCUT2D eigenvalue weighted by Gasteiger charge is -2.28. The van der Waals surface area contributed by atoms with Crippen LogP contribution in [0.5, 0.6) is 11.5 Å². The van der Waals surface area contributed by atoms with Gasteiger partial charge in [0, 0.05) is 29.9 Å². The first kappa shape index (κ1) is 28.7. The number of hydrogen-bond acceptors (Lipinski definition) is 9. The fourth-order valence-electron chi connectivity index (χ4n) is 4.83. The van der Waals surface area contributed by atoms with Gasteiger partial charge in [-0.05, 0) is 39.3 Å². The molecule has 2 N–H and O–H groups in total. The van der Waals surface area contributed by atoms with Gasteiger partial charge in [0.1, 0.15) is 34.8 Å². The number of esters is 1. The summed E-state index contributed by atoms with van der Waals surface area (Å²) in [5, 5.41) is 12.9. The van der Waals surface area contributed by atoms with Gasteiger partial charge < -0.3 is 29.4 Å². The molecule has 0 spiro atoms. The number of nitrogens with one attached hydrogen (secondary N) is 1. The third-order valence-electron chi connectivity index (χ3n) is 6.88. The predicted molar refractivity (Wildman–Crippen MR) is 142 cm³/mol. The van der Waals surface area contributed by atoms with Crippen molar-refractivity contribution < 1.29 is 43.2 Å². The van der Waals surface area contributed by atoms with E-state index in [9.17, 15) is 24.3 Å². The van der Waals surface area contributed by atoms with E-state index in [2.05, 4.69) is 16.9 Å². The molecule has 1 aliphatic carbocycles. The summed E-state index contributed by atoms with van der Waals surface area (Å²) in [6.45, 7) is 8.82. The Morgan fingerprint density at radius 3 is 2.50 bits per heavy atom. The van der Waals surface area contributed by atoms with Gasteiger partial charge in [-0.15, -0.1) is 6.58 Å². The van der Waals surface area contributed by atoms with Gasteiger partial charge in [0.25, 0.3) is 0 Å². The number of carbonyl (C=O) groups excluding carboxylic acids is 3. The van der Waals surface area contributed by atoms with Gasteiger partial charge in [-0.3, -0.25) is 9.69 Å². The molecule has 1 saturated heterocycles. The van der Waals surface area contributed by atoms with Crippen LogP contribution in [0.25, 0.3) is 10.9 Å². The number of carbonyl (C=O) groups is 4. The van der Waals surface area contributed by atoms with Crippen molar-refractivity contribution >= 4 is 34.8 Å². The number of fused-ring (bicyclic) bond motifs is 1. The number of carboxylic acids is 1. The minimum Gasteiger partial charge on any atom is -0.497 e. The van der Waals surface area contributed by atoms with Gasteiger partial charge in [0.05, 0.1) is 26.3 Å². The number of ether oxygens (including phenoxy) is 4. The largest absolute Gasteiger partial charge is 0.497 e. The molecule has 1 saturated carbocycles. The number of likely N-dealkylation sites (tertiary alicyclic amines) is 1. The van der Waals surface area contributed by atoms with Crippen LogP contribution in [0.15, 0.2) is 36.9 Å². The Morgan fingerprint density at radius 2 is 1.93 bits per heavy atom. The number of hydrogen-bond donors (Lipinski definition) is 2. The smallest absolute Gasteiger partial charge is 0.411 e. The predicted octanol–water partition coefficient (Wildman–Crippen LogP) is 2.93. The molecule has 4 atom stereocenters. The van der Waals surface area contributed by atoms with Crippen LogP contribution in [-0.4, -0.2) is 83.0 Å². The highest BCUT2D eigenvalue weighted by Crippen LogP contribution is 2.45. The zero-order valence-electron chi connectivity index (χ0n) is 23.1.